The van der Waals surface area contributed by atoms with Crippen LogP contribution < -0.4 is 4.90 Å². The highest BCUT2D eigenvalue weighted by atomic mass is 16.3. The number of rotatable bonds is 9. The molecule has 0 aliphatic carbocycles. The predicted molar refractivity (Wildman–Crippen MR) is 290 cm³/mol. The summed E-state index contributed by atoms with van der Waals surface area (Å²) in [5.74, 6) is 0. The van der Waals surface area contributed by atoms with E-state index in [0.29, 0.717) is 0 Å². The molecule has 0 radical (unpaired) electrons. The van der Waals surface area contributed by atoms with Crippen LogP contribution in [-0.4, -0.2) is 4.57 Å². The molecule has 0 saturated carbocycles. The number of fused-ring (bicyclic) bond motifs is 6. The fourth-order valence-electron chi connectivity index (χ4n) is 10.4. The summed E-state index contributed by atoms with van der Waals surface area (Å²) in [7, 11) is 0. The Balaban J connectivity index is 0.906. The second-order valence-electron chi connectivity index (χ2n) is 17.6. The van der Waals surface area contributed by atoms with E-state index in [1.54, 1.807) is 0 Å². The van der Waals surface area contributed by atoms with Gasteiger partial charge in [0, 0.05) is 49.7 Å². The van der Waals surface area contributed by atoms with Gasteiger partial charge in [0.15, 0.2) is 0 Å². The SMILES string of the molecule is c1ccc(-c2ccc(-c3cccc(N(c4ccc(-c5ccccc5-c5cccc6c5oc5ccccc56)cc4)c4ccc(-c5ccccc5-n5c6ccccc6c6ccccc65)cc4)c3)cc2)cc1. The standard InChI is InChI=1S/C66H44N2O/c1-2-16-45(17-3-1)46-32-34-47(35-33-46)50-18-14-19-53(44-50)67(51-40-36-48(37-41-51)54-20-4-5-22-56(54)60-26-15-27-61-59-25-9-13-31-65(59)69-66(60)61)52-42-38-49(39-43-52)55-21-6-10-28-62(55)68-63-29-11-7-23-57(63)58-24-8-12-30-64(58)68/h1-44H. The van der Waals surface area contributed by atoms with Gasteiger partial charge in [-0.3, -0.25) is 0 Å². The van der Waals surface area contributed by atoms with Gasteiger partial charge >= 0.3 is 0 Å². The Kier molecular flexibility index (Phi) is 9.84. The van der Waals surface area contributed by atoms with Crippen LogP contribution in [0.25, 0.3) is 105 Å². The number of nitrogens with zero attached hydrogens (tertiary/aromatic N) is 2. The van der Waals surface area contributed by atoms with Crippen molar-refractivity contribution >= 4 is 60.8 Å². The molecule has 2 heterocycles. The van der Waals surface area contributed by atoms with Crippen LogP contribution in [0.5, 0.6) is 0 Å². The lowest BCUT2D eigenvalue weighted by Crippen LogP contribution is -2.10. The molecule has 0 aliphatic heterocycles. The molecule has 0 N–H and O–H groups in total. The van der Waals surface area contributed by atoms with Crippen molar-refractivity contribution in [2.75, 3.05) is 4.90 Å². The number of para-hydroxylation sites is 5. The van der Waals surface area contributed by atoms with Crippen molar-refractivity contribution in [1.29, 1.82) is 0 Å². The molecule has 13 rings (SSSR count). The third kappa shape index (κ3) is 7.08. The van der Waals surface area contributed by atoms with E-state index in [1.807, 2.05) is 12.1 Å². The molecule has 0 unspecified atom stereocenters. The van der Waals surface area contributed by atoms with Crippen LogP contribution in [0.1, 0.15) is 0 Å². The first-order valence-corrected chi connectivity index (χ1v) is 23.6. The third-order valence-corrected chi connectivity index (χ3v) is 13.6. The maximum Gasteiger partial charge on any atom is 0.143 e. The van der Waals surface area contributed by atoms with Crippen molar-refractivity contribution in [3.63, 3.8) is 0 Å². The van der Waals surface area contributed by atoms with Gasteiger partial charge in [-0.1, -0.05) is 206 Å². The van der Waals surface area contributed by atoms with Gasteiger partial charge in [-0.15, -0.1) is 0 Å². The van der Waals surface area contributed by atoms with Crippen LogP contribution in [0.3, 0.4) is 0 Å². The minimum Gasteiger partial charge on any atom is -0.455 e. The van der Waals surface area contributed by atoms with Crippen molar-refractivity contribution in [2.24, 2.45) is 0 Å². The zero-order chi connectivity index (χ0) is 45.7. The lowest BCUT2D eigenvalue weighted by molar-refractivity contribution is 0.670. The smallest absolute Gasteiger partial charge is 0.143 e. The Morgan fingerprint density at radius 1 is 0.275 bits per heavy atom. The molecular formula is C66H44N2O. The molecular weight excluding hydrogens is 837 g/mol. The van der Waals surface area contributed by atoms with Gasteiger partial charge in [0.25, 0.3) is 0 Å². The number of aromatic nitrogens is 1. The Bertz CT molecular complexity index is 3940. The summed E-state index contributed by atoms with van der Waals surface area (Å²) in [5.41, 5.74) is 20.1. The number of hydrogen-bond donors (Lipinski definition) is 0. The second kappa shape index (κ2) is 16.9. The van der Waals surface area contributed by atoms with E-state index in [1.165, 1.54) is 44.1 Å². The van der Waals surface area contributed by atoms with Crippen LogP contribution >= 0.6 is 0 Å². The fourth-order valence-corrected chi connectivity index (χ4v) is 10.4. The summed E-state index contributed by atoms with van der Waals surface area (Å²) >= 11 is 0. The van der Waals surface area contributed by atoms with Gasteiger partial charge in [-0.05, 0) is 105 Å². The number of benzene rings is 11. The molecule has 3 nitrogen and oxygen atoms in total. The van der Waals surface area contributed by atoms with Crippen molar-refractivity contribution < 1.29 is 4.42 Å². The Morgan fingerprint density at radius 3 is 1.43 bits per heavy atom. The lowest BCUT2D eigenvalue weighted by atomic mass is 9.93. The van der Waals surface area contributed by atoms with Gasteiger partial charge in [0.05, 0.1) is 16.7 Å². The quantitative estimate of drug-likeness (QED) is 0.144. The Morgan fingerprint density at radius 2 is 0.739 bits per heavy atom. The summed E-state index contributed by atoms with van der Waals surface area (Å²) in [6, 6.07) is 96.0. The molecule has 0 spiro atoms. The summed E-state index contributed by atoms with van der Waals surface area (Å²) < 4.78 is 8.94. The predicted octanol–water partition coefficient (Wildman–Crippen LogP) is 18.5. The van der Waals surface area contributed by atoms with E-state index in [2.05, 4.69) is 264 Å². The van der Waals surface area contributed by atoms with E-state index in [4.69, 9.17) is 4.42 Å². The monoisotopic (exact) mass is 880 g/mol. The fraction of sp³-hybridized carbons (Fsp3) is 0. The molecule has 324 valence electrons. The first-order valence-electron chi connectivity index (χ1n) is 23.6. The lowest BCUT2D eigenvalue weighted by Gasteiger charge is -2.27. The van der Waals surface area contributed by atoms with Crippen LogP contribution in [0.2, 0.25) is 0 Å². The van der Waals surface area contributed by atoms with Crippen molar-refractivity contribution in [2.45, 2.75) is 0 Å². The number of anilines is 3. The minimum atomic E-state index is 0.899. The molecule has 3 heteroatoms. The van der Waals surface area contributed by atoms with Crippen molar-refractivity contribution in [3.8, 4) is 61.3 Å². The summed E-state index contributed by atoms with van der Waals surface area (Å²) in [6.45, 7) is 0. The van der Waals surface area contributed by atoms with Crippen LogP contribution in [0.4, 0.5) is 17.1 Å². The normalized spacial score (nSPS) is 11.5. The maximum atomic E-state index is 6.53. The van der Waals surface area contributed by atoms with E-state index >= 15 is 0 Å². The second-order valence-corrected chi connectivity index (χ2v) is 17.6. The Labute approximate surface area is 401 Å². The van der Waals surface area contributed by atoms with Crippen molar-refractivity contribution in [1.82, 2.24) is 4.57 Å². The zero-order valence-corrected chi connectivity index (χ0v) is 37.7. The molecule has 0 aliphatic rings. The Hall–Kier alpha value is -9.18. The van der Waals surface area contributed by atoms with Gasteiger partial charge < -0.3 is 13.9 Å². The molecule has 13 aromatic rings. The average molecular weight is 881 g/mol. The molecule has 69 heavy (non-hydrogen) atoms. The molecule has 0 saturated heterocycles. The van der Waals surface area contributed by atoms with Crippen molar-refractivity contribution in [3.05, 3.63) is 267 Å². The van der Waals surface area contributed by atoms with Gasteiger partial charge in [0.1, 0.15) is 11.2 Å². The summed E-state index contributed by atoms with van der Waals surface area (Å²) in [5, 5.41) is 4.76. The summed E-state index contributed by atoms with van der Waals surface area (Å²) in [4.78, 5) is 2.37. The first kappa shape index (κ1) is 40.1. The minimum absolute atomic E-state index is 0.899. The molecule has 0 atom stereocenters. The van der Waals surface area contributed by atoms with E-state index in [0.717, 1.165) is 78.1 Å². The molecule has 0 amide bonds. The molecule has 11 aromatic carbocycles. The highest BCUT2D eigenvalue weighted by Crippen LogP contribution is 2.43. The van der Waals surface area contributed by atoms with Crippen LogP contribution in [0, 0.1) is 0 Å². The number of furan rings is 1. The topological polar surface area (TPSA) is 21.3 Å². The van der Waals surface area contributed by atoms with Gasteiger partial charge in [-0.2, -0.15) is 0 Å². The van der Waals surface area contributed by atoms with Gasteiger partial charge in [-0.25, -0.2) is 0 Å². The molecule has 0 bridgehead atoms. The average Bonchev–Trinajstić information content (AvgIpc) is 3.98. The van der Waals surface area contributed by atoms with E-state index in [9.17, 15) is 0 Å². The van der Waals surface area contributed by atoms with Crippen LogP contribution in [-0.2, 0) is 0 Å². The highest BCUT2D eigenvalue weighted by Gasteiger charge is 2.19. The number of hydrogen-bond acceptors (Lipinski definition) is 2. The first-order chi connectivity index (χ1) is 34.2. The van der Waals surface area contributed by atoms with Gasteiger partial charge in [0.2, 0.25) is 0 Å². The highest BCUT2D eigenvalue weighted by molar-refractivity contribution is 6.11. The van der Waals surface area contributed by atoms with E-state index in [-0.39, 0.29) is 0 Å². The van der Waals surface area contributed by atoms with E-state index < -0.39 is 0 Å². The summed E-state index contributed by atoms with van der Waals surface area (Å²) in [6.07, 6.45) is 0. The third-order valence-electron chi connectivity index (χ3n) is 13.6. The zero-order valence-electron chi connectivity index (χ0n) is 37.7. The maximum absolute atomic E-state index is 6.53. The van der Waals surface area contributed by atoms with Crippen LogP contribution in [0.15, 0.2) is 271 Å². The largest absolute Gasteiger partial charge is 0.455 e. The molecule has 0 fully saturated rings. The molecule has 2 aromatic heterocycles.